The Hall–Kier alpha value is -2.93. The third kappa shape index (κ3) is 30.2. The highest BCUT2D eigenvalue weighted by molar-refractivity contribution is 5.79. The number of carboxylic acid groups (broad SMARTS) is 1. The molecule has 0 aliphatic carbocycles. The third-order valence-corrected chi connectivity index (χ3v) is 22.3. The maximum Gasteiger partial charge on any atom is 0.336 e. The minimum atomic E-state index is -2.34. The first-order valence-electron chi connectivity index (χ1n) is 41.1. The van der Waals surface area contributed by atoms with Gasteiger partial charge in [0.05, 0.1) is 63.9 Å². The molecule has 29 atom stereocenters. The molecular formula is C77H141N3O30. The number of aliphatic hydroxyl groups is 17. The predicted molar refractivity (Wildman–Crippen MR) is 396 cm³/mol. The summed E-state index contributed by atoms with van der Waals surface area (Å²) < 4.78 is 53.1. The SMILES string of the molecule is CCCCCCCCCCCCCCCCCCCCCCCC(=O)N[C@@H](CO[C@@H]1O[C@H](CO)[C@@H](O[C@@H]2O[C@H](CO)[C@H](O)[C@H](O[C@@H]3O[C@H](CO)[C@@H](O[C@@H]4O[C@H](CO)[C@H](O)[C@H](O)[C@H]4O)[C@H](O)[C@H]3NC(C)=O)[C@H]2O)[C@H](O)[C@H]1O)[C@H](O)/C=C\C(CCCCCCCCCCCC)[C@]1(C(=O)O)C[C@H](O)[C@@H](N)[C@H]([C@H](O)[C@H](O)CO)O1. The van der Waals surface area contributed by atoms with Crippen LogP contribution in [0.4, 0.5) is 0 Å². The number of aliphatic carboxylic acids is 1. The number of aliphatic hydroxyl groups excluding tert-OH is 17. The lowest BCUT2D eigenvalue weighted by atomic mass is 9.74. The van der Waals surface area contributed by atoms with E-state index in [0.29, 0.717) is 19.3 Å². The van der Waals surface area contributed by atoms with Crippen LogP contribution in [0.2, 0.25) is 0 Å². The summed E-state index contributed by atoms with van der Waals surface area (Å²) in [6, 6.07) is -4.57. The van der Waals surface area contributed by atoms with Gasteiger partial charge >= 0.3 is 5.97 Å². The topological polar surface area (TPSA) is 549 Å². The second-order valence-corrected chi connectivity index (χ2v) is 31.0. The van der Waals surface area contributed by atoms with Crippen molar-refractivity contribution < 1.29 is 149 Å². The Morgan fingerprint density at radius 3 is 1.37 bits per heavy atom. The Labute approximate surface area is 648 Å². The van der Waals surface area contributed by atoms with E-state index < -0.39 is 241 Å². The van der Waals surface area contributed by atoms with E-state index in [2.05, 4.69) is 24.5 Å². The molecule has 0 aromatic carbocycles. The van der Waals surface area contributed by atoms with Crippen molar-refractivity contribution in [1.29, 1.82) is 0 Å². The summed E-state index contributed by atoms with van der Waals surface area (Å²) in [5.74, 6) is -4.09. The van der Waals surface area contributed by atoms with E-state index in [1.165, 1.54) is 102 Å². The average Bonchev–Trinajstić information content (AvgIpc) is 0.774. The predicted octanol–water partition coefficient (Wildman–Crippen LogP) is 0.365. The molecule has 5 fully saturated rings. The van der Waals surface area contributed by atoms with E-state index in [1.807, 2.05) is 0 Å². The van der Waals surface area contributed by atoms with Crippen molar-refractivity contribution in [3.63, 3.8) is 0 Å². The van der Waals surface area contributed by atoms with Gasteiger partial charge in [-0.2, -0.15) is 0 Å². The van der Waals surface area contributed by atoms with Crippen LogP contribution in [0.25, 0.3) is 0 Å². The van der Waals surface area contributed by atoms with Crippen LogP contribution in [0.3, 0.4) is 0 Å². The molecule has 5 saturated heterocycles. The molecule has 2 amide bonds. The molecule has 5 aliphatic rings. The number of hydrogen-bond acceptors (Lipinski definition) is 30. The van der Waals surface area contributed by atoms with Crippen LogP contribution in [0.5, 0.6) is 0 Å². The first-order chi connectivity index (χ1) is 52.8. The number of unbranched alkanes of at least 4 members (excludes halogenated alkanes) is 29. The van der Waals surface area contributed by atoms with E-state index in [9.17, 15) is 106 Å². The van der Waals surface area contributed by atoms with E-state index in [1.54, 1.807) is 0 Å². The minimum Gasteiger partial charge on any atom is -0.479 e. The third-order valence-electron chi connectivity index (χ3n) is 22.3. The van der Waals surface area contributed by atoms with E-state index >= 15 is 0 Å². The summed E-state index contributed by atoms with van der Waals surface area (Å²) in [5.41, 5.74) is 3.94. The highest BCUT2D eigenvalue weighted by Crippen LogP contribution is 2.41. The number of amides is 2. The largest absolute Gasteiger partial charge is 0.479 e. The number of ether oxygens (including phenoxy) is 9. The van der Waals surface area contributed by atoms with Crippen LogP contribution in [0.15, 0.2) is 12.2 Å². The number of carbonyl (C=O) groups excluding carboxylic acids is 2. The van der Waals surface area contributed by atoms with Gasteiger partial charge in [-0.05, 0) is 12.8 Å². The summed E-state index contributed by atoms with van der Waals surface area (Å²) in [7, 11) is 0. The number of hydrogen-bond donors (Lipinski definition) is 21. The van der Waals surface area contributed by atoms with Crippen molar-refractivity contribution in [2.45, 2.75) is 410 Å². The Morgan fingerprint density at radius 2 is 0.909 bits per heavy atom. The zero-order valence-corrected chi connectivity index (χ0v) is 65.1. The van der Waals surface area contributed by atoms with Gasteiger partial charge in [-0.15, -0.1) is 0 Å². The number of carbonyl (C=O) groups is 3. The maximum atomic E-state index is 14.0. The molecule has 0 aromatic rings. The lowest BCUT2D eigenvalue weighted by Gasteiger charge is -2.50. The molecule has 0 aromatic heterocycles. The van der Waals surface area contributed by atoms with Gasteiger partial charge in [0.1, 0.15) is 116 Å². The number of rotatable bonds is 56. The Morgan fingerprint density at radius 1 is 0.491 bits per heavy atom. The summed E-state index contributed by atoms with van der Waals surface area (Å²) in [5, 5.41) is 203. The van der Waals surface area contributed by atoms with Gasteiger partial charge in [0.15, 0.2) is 30.8 Å². The van der Waals surface area contributed by atoms with Crippen molar-refractivity contribution in [2.24, 2.45) is 11.7 Å². The van der Waals surface area contributed by atoms with Crippen molar-refractivity contribution in [3.8, 4) is 0 Å². The smallest absolute Gasteiger partial charge is 0.336 e. The zero-order chi connectivity index (χ0) is 80.9. The molecule has 5 aliphatic heterocycles. The highest BCUT2D eigenvalue weighted by atomic mass is 16.8. The van der Waals surface area contributed by atoms with Gasteiger partial charge < -0.3 is 151 Å². The van der Waals surface area contributed by atoms with Crippen LogP contribution in [-0.4, -0.2) is 320 Å². The average molecular weight is 1590 g/mol. The monoisotopic (exact) mass is 1590 g/mol. The lowest BCUT2D eigenvalue weighted by molar-refractivity contribution is -0.381. The van der Waals surface area contributed by atoms with Gasteiger partial charge in [0.2, 0.25) is 11.8 Å². The Kier molecular flexibility index (Phi) is 46.8. The van der Waals surface area contributed by atoms with Gasteiger partial charge in [-0.25, -0.2) is 4.79 Å². The number of nitrogens with two attached hydrogens (primary N) is 1. The van der Waals surface area contributed by atoms with Crippen LogP contribution in [0.1, 0.15) is 239 Å². The van der Waals surface area contributed by atoms with Crippen LogP contribution < -0.4 is 16.4 Å². The molecule has 33 heteroatoms. The molecule has 0 bridgehead atoms. The van der Waals surface area contributed by atoms with E-state index in [0.717, 1.165) is 96.8 Å². The molecule has 110 heavy (non-hydrogen) atoms. The molecule has 5 heterocycles. The summed E-state index contributed by atoms with van der Waals surface area (Å²) in [6.07, 6.45) is -8.61. The number of carboxylic acids is 1. The van der Waals surface area contributed by atoms with Crippen LogP contribution in [0, 0.1) is 5.92 Å². The second-order valence-electron chi connectivity index (χ2n) is 31.0. The molecule has 1 unspecified atom stereocenters. The summed E-state index contributed by atoms with van der Waals surface area (Å²) >= 11 is 0. The zero-order valence-electron chi connectivity index (χ0n) is 65.1. The molecule has 0 radical (unpaired) electrons. The molecule has 33 nitrogen and oxygen atoms in total. The molecule has 22 N–H and O–H groups in total. The van der Waals surface area contributed by atoms with Crippen LogP contribution in [-0.2, 0) is 57.0 Å². The molecule has 0 spiro atoms. The van der Waals surface area contributed by atoms with Gasteiger partial charge in [0.25, 0.3) is 0 Å². The van der Waals surface area contributed by atoms with E-state index in [-0.39, 0.29) is 12.8 Å². The molecular weight excluding hydrogens is 1450 g/mol. The minimum absolute atomic E-state index is 0.00549. The van der Waals surface area contributed by atoms with E-state index in [4.69, 9.17) is 48.4 Å². The van der Waals surface area contributed by atoms with Crippen molar-refractivity contribution >= 4 is 17.8 Å². The fourth-order valence-corrected chi connectivity index (χ4v) is 15.4. The van der Waals surface area contributed by atoms with Gasteiger partial charge in [0, 0.05) is 25.7 Å². The quantitative estimate of drug-likeness (QED) is 0.0289. The standard InChI is InChI=1S/C77H141N3O30/c1-4-6-8-10-12-14-16-17-18-19-20-21-22-23-24-25-26-28-30-32-34-36-56(90)80-48(49(87)38-37-47(35-33-31-29-27-15-13-11-9-7-5-2)77(76(100)101)39-50(88)57(78)70(110-77)59(91)51(89)40-81)45-102-73-66(98)64(96)69(55(44-85)106-73)108-75-67(99)71(61(93)53(42-83)104-75)109-72-58(79-46(3)86)62(94)68(54(43-84)105-72)107-74-65(97)63(95)60(92)52(41-82)103-74/h37-38,47-55,57-75,81-85,87-89,91-99H,4-36,39-45,78H2,1-3H3,(H,79,86)(H,80,90)(H,100,101)/b38-37-/t47?,48-,49+,50-,51+,52+,53+,54+,55+,57+,58+,59+,60-,61-,62+,63-,64+,65+,66+,67+,68+,69+,70+,71-,72-,73+,74-,75-,77-/m0/s1. The van der Waals surface area contributed by atoms with Crippen LogP contribution >= 0.6 is 0 Å². The van der Waals surface area contributed by atoms with Gasteiger partial charge in [-0.1, -0.05) is 219 Å². The summed E-state index contributed by atoms with van der Waals surface area (Å²) in [6.45, 7) is -0.0636. The number of nitrogens with one attached hydrogen (secondary N) is 2. The normalized spacial score (nSPS) is 34.4. The first kappa shape index (κ1) is 97.6. The lowest BCUT2D eigenvalue weighted by Crippen LogP contribution is -2.69. The fraction of sp³-hybridized carbons (Fsp3) is 0.935. The Balaban J connectivity index is 1.30. The second kappa shape index (κ2) is 52.7. The van der Waals surface area contributed by atoms with Gasteiger partial charge in [-0.3, -0.25) is 9.59 Å². The maximum absolute atomic E-state index is 14.0. The molecule has 0 saturated carbocycles. The highest BCUT2D eigenvalue weighted by Gasteiger charge is 2.59. The Bertz CT molecular complexity index is 2500. The van der Waals surface area contributed by atoms with Crippen molar-refractivity contribution in [2.75, 3.05) is 39.6 Å². The fourth-order valence-electron chi connectivity index (χ4n) is 15.4. The summed E-state index contributed by atoms with van der Waals surface area (Å²) in [4.78, 5) is 40.3. The molecule has 5 rings (SSSR count). The van der Waals surface area contributed by atoms with Crippen molar-refractivity contribution in [3.05, 3.63) is 12.2 Å². The van der Waals surface area contributed by atoms with Crippen molar-refractivity contribution in [1.82, 2.24) is 10.6 Å². The molecule has 644 valence electrons. The first-order valence-corrected chi connectivity index (χ1v) is 41.1.